The standard InChI is InChI=1S/C20H30N4O2/c1-11(2)16(17(25)24-19-21-10-12(3)22-19)23-18(26)20-7-13-4-14(8-20)6-15(5-13)9-20/h10-11,13-16H,4-9H2,1-3H3,(H,23,26)(H2,21,22,24,25)/t13?,14?,15?,16-,20?/m0/s1. The zero-order chi connectivity index (χ0) is 18.5. The van der Waals surface area contributed by atoms with Crippen molar-refractivity contribution in [1.82, 2.24) is 15.3 Å². The summed E-state index contributed by atoms with van der Waals surface area (Å²) in [5, 5.41) is 5.91. The summed E-state index contributed by atoms with van der Waals surface area (Å²) in [5.74, 6) is 2.48. The average molecular weight is 358 g/mol. The minimum absolute atomic E-state index is 0.0175. The monoisotopic (exact) mass is 358 g/mol. The van der Waals surface area contributed by atoms with E-state index >= 15 is 0 Å². The lowest BCUT2D eigenvalue weighted by atomic mass is 9.49. The molecular formula is C20H30N4O2. The molecule has 1 aromatic heterocycles. The second kappa shape index (κ2) is 6.39. The van der Waals surface area contributed by atoms with Gasteiger partial charge in [-0.1, -0.05) is 13.8 Å². The predicted octanol–water partition coefficient (Wildman–Crippen LogP) is 3.01. The van der Waals surface area contributed by atoms with Crippen molar-refractivity contribution in [3.8, 4) is 0 Å². The summed E-state index contributed by atoms with van der Waals surface area (Å²) in [5.41, 5.74) is 0.655. The number of rotatable bonds is 5. The molecule has 1 aromatic rings. The van der Waals surface area contributed by atoms with Gasteiger partial charge in [0.15, 0.2) is 0 Å². The lowest BCUT2D eigenvalue weighted by Gasteiger charge is -2.55. The lowest BCUT2D eigenvalue weighted by Crippen LogP contribution is -2.57. The van der Waals surface area contributed by atoms with E-state index in [1.807, 2.05) is 20.8 Å². The van der Waals surface area contributed by atoms with Crippen LogP contribution in [0, 0.1) is 36.0 Å². The van der Waals surface area contributed by atoms with Crippen LogP contribution in [-0.4, -0.2) is 27.8 Å². The highest BCUT2D eigenvalue weighted by Gasteiger charge is 2.55. The summed E-state index contributed by atoms with van der Waals surface area (Å²) in [6, 6.07) is -0.541. The lowest BCUT2D eigenvalue weighted by molar-refractivity contribution is -0.148. The van der Waals surface area contributed by atoms with E-state index in [0.717, 1.165) is 25.0 Å². The molecule has 0 spiro atoms. The Morgan fingerprint density at radius 1 is 1.15 bits per heavy atom. The van der Waals surface area contributed by atoms with Crippen molar-refractivity contribution >= 4 is 17.8 Å². The minimum Gasteiger partial charge on any atom is -0.344 e. The molecule has 3 N–H and O–H groups in total. The Balaban J connectivity index is 1.46. The number of amides is 2. The summed E-state index contributed by atoms with van der Waals surface area (Å²) < 4.78 is 0. The van der Waals surface area contributed by atoms with Crippen molar-refractivity contribution in [1.29, 1.82) is 0 Å². The van der Waals surface area contributed by atoms with E-state index < -0.39 is 6.04 Å². The molecule has 0 radical (unpaired) electrons. The van der Waals surface area contributed by atoms with E-state index in [-0.39, 0.29) is 23.1 Å². The van der Waals surface area contributed by atoms with Gasteiger partial charge in [0, 0.05) is 17.3 Å². The maximum absolute atomic E-state index is 13.3. The Labute approximate surface area is 154 Å². The molecule has 142 valence electrons. The number of imidazole rings is 1. The molecule has 2 amide bonds. The summed E-state index contributed by atoms with van der Waals surface area (Å²) in [4.78, 5) is 33.1. The molecule has 4 saturated carbocycles. The van der Waals surface area contributed by atoms with E-state index in [0.29, 0.717) is 23.7 Å². The molecule has 26 heavy (non-hydrogen) atoms. The molecule has 0 saturated heterocycles. The Bertz CT molecular complexity index is 673. The number of anilines is 1. The van der Waals surface area contributed by atoms with Crippen LogP contribution in [-0.2, 0) is 9.59 Å². The first kappa shape index (κ1) is 17.6. The number of nitrogens with one attached hydrogen (secondary N) is 3. The minimum atomic E-state index is -0.541. The summed E-state index contributed by atoms with van der Waals surface area (Å²) in [6.45, 7) is 5.83. The van der Waals surface area contributed by atoms with Crippen molar-refractivity contribution in [2.45, 2.75) is 65.3 Å². The Morgan fingerprint density at radius 2 is 1.73 bits per heavy atom. The van der Waals surface area contributed by atoms with Crippen LogP contribution in [0.25, 0.3) is 0 Å². The molecule has 0 aliphatic heterocycles. The van der Waals surface area contributed by atoms with Gasteiger partial charge in [0.05, 0.1) is 0 Å². The molecule has 4 aliphatic rings. The van der Waals surface area contributed by atoms with E-state index in [2.05, 4.69) is 20.6 Å². The molecule has 4 bridgehead atoms. The van der Waals surface area contributed by atoms with Gasteiger partial charge in [-0.15, -0.1) is 0 Å². The zero-order valence-corrected chi connectivity index (χ0v) is 16.0. The van der Waals surface area contributed by atoms with Crippen molar-refractivity contribution in [2.24, 2.45) is 29.1 Å². The highest BCUT2D eigenvalue weighted by molar-refractivity contribution is 5.97. The van der Waals surface area contributed by atoms with Crippen LogP contribution < -0.4 is 10.6 Å². The predicted molar refractivity (Wildman–Crippen MR) is 99.3 cm³/mol. The molecule has 0 aromatic carbocycles. The van der Waals surface area contributed by atoms with Gasteiger partial charge in [0.2, 0.25) is 17.8 Å². The van der Waals surface area contributed by atoms with E-state index in [1.54, 1.807) is 6.20 Å². The Hall–Kier alpha value is -1.85. The second-order valence-electron chi connectivity index (χ2n) is 9.30. The molecule has 1 heterocycles. The van der Waals surface area contributed by atoms with Gasteiger partial charge < -0.3 is 10.3 Å². The van der Waals surface area contributed by atoms with Crippen molar-refractivity contribution in [2.75, 3.05) is 5.32 Å². The molecule has 4 fully saturated rings. The van der Waals surface area contributed by atoms with Gasteiger partial charge in [-0.3, -0.25) is 14.9 Å². The van der Waals surface area contributed by atoms with Crippen LogP contribution in [0.5, 0.6) is 0 Å². The van der Waals surface area contributed by atoms with Gasteiger partial charge in [0.1, 0.15) is 6.04 Å². The Morgan fingerprint density at radius 3 is 2.19 bits per heavy atom. The third-order valence-corrected chi connectivity index (χ3v) is 6.70. The van der Waals surface area contributed by atoms with Gasteiger partial charge in [-0.25, -0.2) is 4.98 Å². The van der Waals surface area contributed by atoms with Gasteiger partial charge >= 0.3 is 0 Å². The topological polar surface area (TPSA) is 86.9 Å². The smallest absolute Gasteiger partial charge is 0.249 e. The Kier molecular flexibility index (Phi) is 4.32. The normalized spacial score (nSPS) is 33.3. The maximum Gasteiger partial charge on any atom is 0.249 e. The first-order valence-corrected chi connectivity index (χ1v) is 9.98. The van der Waals surface area contributed by atoms with Crippen molar-refractivity contribution in [3.63, 3.8) is 0 Å². The van der Waals surface area contributed by atoms with Crippen LogP contribution in [0.1, 0.15) is 58.1 Å². The SMILES string of the molecule is Cc1cnc(NC(=O)[C@@H](NC(=O)C23CC4CC(CC(C4)C2)C3)C(C)C)[nH]1. The third-order valence-electron chi connectivity index (χ3n) is 6.70. The molecule has 6 nitrogen and oxygen atoms in total. The van der Waals surface area contributed by atoms with Crippen LogP contribution in [0.15, 0.2) is 6.20 Å². The van der Waals surface area contributed by atoms with Gasteiger partial charge in [-0.05, 0) is 69.1 Å². The molecule has 5 rings (SSSR count). The first-order valence-electron chi connectivity index (χ1n) is 9.98. The number of carbonyl (C=O) groups is 2. The number of hydrogen-bond acceptors (Lipinski definition) is 3. The van der Waals surface area contributed by atoms with Crippen LogP contribution in [0.2, 0.25) is 0 Å². The number of nitrogens with zero attached hydrogens (tertiary/aromatic N) is 1. The number of hydrogen-bond donors (Lipinski definition) is 3. The van der Waals surface area contributed by atoms with Gasteiger partial charge in [-0.2, -0.15) is 0 Å². The molecule has 0 unspecified atom stereocenters. The quantitative estimate of drug-likeness (QED) is 0.756. The molecule has 6 heteroatoms. The molecule has 4 aliphatic carbocycles. The van der Waals surface area contributed by atoms with E-state index in [1.165, 1.54) is 19.3 Å². The van der Waals surface area contributed by atoms with Crippen molar-refractivity contribution < 1.29 is 9.59 Å². The van der Waals surface area contributed by atoms with Crippen molar-refractivity contribution in [3.05, 3.63) is 11.9 Å². The first-order chi connectivity index (χ1) is 12.3. The number of H-pyrrole nitrogens is 1. The highest BCUT2D eigenvalue weighted by atomic mass is 16.2. The van der Waals surface area contributed by atoms with E-state index in [4.69, 9.17) is 0 Å². The van der Waals surface area contributed by atoms with Crippen LogP contribution in [0.4, 0.5) is 5.95 Å². The average Bonchev–Trinajstić information content (AvgIpc) is 2.95. The van der Waals surface area contributed by atoms with Crippen LogP contribution >= 0.6 is 0 Å². The van der Waals surface area contributed by atoms with Gasteiger partial charge in [0.25, 0.3) is 0 Å². The fourth-order valence-corrected chi connectivity index (χ4v) is 5.89. The summed E-state index contributed by atoms with van der Waals surface area (Å²) >= 11 is 0. The summed E-state index contributed by atoms with van der Waals surface area (Å²) in [7, 11) is 0. The second-order valence-corrected chi connectivity index (χ2v) is 9.30. The number of aromatic amines is 1. The van der Waals surface area contributed by atoms with Crippen LogP contribution in [0.3, 0.4) is 0 Å². The highest BCUT2D eigenvalue weighted by Crippen LogP contribution is 2.60. The zero-order valence-electron chi connectivity index (χ0n) is 16.0. The third kappa shape index (κ3) is 3.14. The maximum atomic E-state index is 13.3. The molecule has 1 atom stereocenters. The fraction of sp³-hybridized carbons (Fsp3) is 0.750. The number of carbonyl (C=O) groups excluding carboxylic acids is 2. The number of aryl methyl sites for hydroxylation is 1. The fourth-order valence-electron chi connectivity index (χ4n) is 5.89. The molecular weight excluding hydrogens is 328 g/mol. The largest absolute Gasteiger partial charge is 0.344 e. The van der Waals surface area contributed by atoms with E-state index in [9.17, 15) is 9.59 Å². The summed E-state index contributed by atoms with van der Waals surface area (Å²) in [6.07, 6.45) is 8.61. The number of aromatic nitrogens is 2.